The molecule has 0 radical (unpaired) electrons. The quantitative estimate of drug-likeness (QED) is 0.653. The largest absolute Gasteiger partial charge is 0.506 e. The fraction of sp³-hybridized carbons (Fsp3) is 0.474. The first kappa shape index (κ1) is 17.0. The number of fused-ring (bicyclic) bond motifs is 2. The molecule has 5 heteroatoms. The smallest absolute Gasteiger partial charge is 0.153 e. The van der Waals surface area contributed by atoms with Crippen LogP contribution in [0.4, 0.5) is 0 Å². The molecule has 0 aromatic heterocycles. The predicted octanol–water partition coefficient (Wildman–Crippen LogP) is 4.24. The highest BCUT2D eigenvalue weighted by molar-refractivity contribution is 6.34. The number of carbonyl (C=O) groups excluding carboxylic acids is 2. The average molecular weight is 349 g/mol. The van der Waals surface area contributed by atoms with Crippen molar-refractivity contribution in [1.82, 2.24) is 0 Å². The van der Waals surface area contributed by atoms with Gasteiger partial charge in [-0.25, -0.2) is 0 Å². The van der Waals surface area contributed by atoms with Crippen LogP contribution in [0.5, 0.6) is 5.75 Å². The summed E-state index contributed by atoms with van der Waals surface area (Å²) in [5, 5.41) is 10.2. The molecule has 2 aliphatic rings. The topological polar surface area (TPSA) is 63.6 Å². The first-order valence-corrected chi connectivity index (χ1v) is 8.67. The molecular formula is C19H21ClO4. The van der Waals surface area contributed by atoms with Crippen molar-refractivity contribution in [2.45, 2.75) is 32.6 Å². The number of phenols is 1. The molecule has 1 aromatic rings. The Labute approximate surface area is 146 Å². The maximum absolute atomic E-state index is 12.1. The zero-order chi connectivity index (χ0) is 17.4. The van der Waals surface area contributed by atoms with Crippen molar-refractivity contribution < 1.29 is 19.4 Å². The summed E-state index contributed by atoms with van der Waals surface area (Å²) in [6, 6.07) is 3.24. The van der Waals surface area contributed by atoms with E-state index < -0.39 is 0 Å². The fourth-order valence-corrected chi connectivity index (χ4v) is 4.48. The highest BCUT2D eigenvalue weighted by atomic mass is 35.5. The van der Waals surface area contributed by atoms with Gasteiger partial charge in [0.05, 0.1) is 17.7 Å². The number of benzene rings is 1. The minimum absolute atomic E-state index is 0.116. The van der Waals surface area contributed by atoms with Crippen LogP contribution in [0.15, 0.2) is 17.7 Å². The van der Waals surface area contributed by atoms with Gasteiger partial charge < -0.3 is 9.84 Å². The summed E-state index contributed by atoms with van der Waals surface area (Å²) in [7, 11) is 1.58. The van der Waals surface area contributed by atoms with Gasteiger partial charge in [-0.15, -0.1) is 0 Å². The van der Waals surface area contributed by atoms with Gasteiger partial charge in [0.15, 0.2) is 6.29 Å². The van der Waals surface area contributed by atoms with Crippen LogP contribution in [0.25, 0.3) is 5.76 Å². The highest BCUT2D eigenvalue weighted by Crippen LogP contribution is 2.50. The normalized spacial score (nSPS) is 28.0. The Morgan fingerprint density at radius 1 is 1.38 bits per heavy atom. The summed E-state index contributed by atoms with van der Waals surface area (Å²) in [6.07, 6.45) is 3.77. The van der Waals surface area contributed by atoms with Crippen LogP contribution in [0.3, 0.4) is 0 Å². The first-order valence-electron chi connectivity index (χ1n) is 8.29. The molecule has 1 aromatic carbocycles. The molecule has 4 nitrogen and oxygen atoms in total. The van der Waals surface area contributed by atoms with Crippen LogP contribution in [0.1, 0.15) is 48.5 Å². The van der Waals surface area contributed by atoms with Crippen molar-refractivity contribution in [2.75, 3.05) is 7.11 Å². The van der Waals surface area contributed by atoms with Crippen molar-refractivity contribution in [3.8, 4) is 5.75 Å². The zero-order valence-electron chi connectivity index (χ0n) is 13.8. The summed E-state index contributed by atoms with van der Waals surface area (Å²) in [4.78, 5) is 23.1. The van der Waals surface area contributed by atoms with E-state index in [9.17, 15) is 14.7 Å². The second kappa shape index (κ2) is 6.60. The molecule has 1 N–H and O–H groups in total. The van der Waals surface area contributed by atoms with E-state index in [0.29, 0.717) is 29.8 Å². The Morgan fingerprint density at radius 3 is 2.75 bits per heavy atom. The Kier molecular flexibility index (Phi) is 4.68. The predicted molar refractivity (Wildman–Crippen MR) is 92.1 cm³/mol. The van der Waals surface area contributed by atoms with Gasteiger partial charge in [0, 0.05) is 17.9 Å². The lowest BCUT2D eigenvalue weighted by molar-refractivity contribution is -0.120. The Hall–Kier alpha value is -1.81. The molecule has 2 fully saturated rings. The maximum atomic E-state index is 12.1. The molecule has 3 unspecified atom stereocenters. The average Bonchev–Trinajstić information content (AvgIpc) is 2.88. The molecule has 2 aliphatic carbocycles. The van der Waals surface area contributed by atoms with E-state index in [2.05, 4.69) is 6.92 Å². The van der Waals surface area contributed by atoms with E-state index in [1.54, 1.807) is 13.2 Å². The molecule has 0 aliphatic heterocycles. The first-order chi connectivity index (χ1) is 11.5. The van der Waals surface area contributed by atoms with Gasteiger partial charge in [-0.3, -0.25) is 9.59 Å². The van der Waals surface area contributed by atoms with Gasteiger partial charge in [-0.05, 0) is 48.8 Å². The summed E-state index contributed by atoms with van der Waals surface area (Å²) in [6.45, 7) is 2.11. The molecule has 0 saturated heterocycles. The van der Waals surface area contributed by atoms with Gasteiger partial charge >= 0.3 is 0 Å². The molecule has 0 heterocycles. The van der Waals surface area contributed by atoms with E-state index in [0.717, 1.165) is 24.8 Å². The van der Waals surface area contributed by atoms with E-state index in [1.807, 2.05) is 0 Å². The number of ketones is 1. The van der Waals surface area contributed by atoms with Gasteiger partial charge in [-0.2, -0.15) is 0 Å². The lowest BCUT2D eigenvalue weighted by Gasteiger charge is -2.32. The zero-order valence-corrected chi connectivity index (χ0v) is 14.6. The van der Waals surface area contributed by atoms with Crippen LogP contribution >= 0.6 is 11.6 Å². The van der Waals surface area contributed by atoms with Gasteiger partial charge in [0.1, 0.15) is 17.3 Å². The van der Waals surface area contributed by atoms with Crippen LogP contribution in [-0.2, 0) is 9.53 Å². The van der Waals surface area contributed by atoms with Gasteiger partial charge in [-0.1, -0.05) is 18.5 Å². The second-order valence-corrected chi connectivity index (χ2v) is 6.99. The molecule has 3 atom stereocenters. The SMILES string of the molecule is CCC1CC2CC(CC2=O)/C1=C(\OC)c1ccc(C=O)c(O)c1Cl. The number of rotatable bonds is 4. The van der Waals surface area contributed by atoms with Gasteiger partial charge in [0.2, 0.25) is 0 Å². The molecule has 2 saturated carbocycles. The molecule has 0 spiro atoms. The lowest BCUT2D eigenvalue weighted by Crippen LogP contribution is -2.22. The minimum Gasteiger partial charge on any atom is -0.506 e. The molecule has 128 valence electrons. The third-order valence-electron chi connectivity index (χ3n) is 5.40. The Morgan fingerprint density at radius 2 is 2.12 bits per heavy atom. The fourth-order valence-electron chi connectivity index (χ4n) is 4.23. The third kappa shape index (κ3) is 2.63. The van der Waals surface area contributed by atoms with Crippen molar-refractivity contribution in [3.63, 3.8) is 0 Å². The number of hydrogen-bond donors (Lipinski definition) is 1. The number of carbonyl (C=O) groups is 2. The summed E-state index contributed by atoms with van der Waals surface area (Å²) < 4.78 is 5.69. The molecule has 2 bridgehead atoms. The van der Waals surface area contributed by atoms with Gasteiger partial charge in [0.25, 0.3) is 0 Å². The van der Waals surface area contributed by atoms with Crippen molar-refractivity contribution >= 4 is 29.4 Å². The van der Waals surface area contributed by atoms with Crippen LogP contribution < -0.4 is 0 Å². The number of Topliss-reactive ketones (excluding diaryl/α,β-unsaturated/α-hetero) is 1. The molecule has 24 heavy (non-hydrogen) atoms. The van der Waals surface area contributed by atoms with E-state index in [1.165, 1.54) is 6.07 Å². The number of hydrogen-bond acceptors (Lipinski definition) is 4. The monoisotopic (exact) mass is 348 g/mol. The number of aromatic hydroxyl groups is 1. The number of ether oxygens (including phenoxy) is 1. The number of aldehydes is 1. The summed E-state index contributed by atoms with van der Waals surface area (Å²) in [5.74, 6) is 1.37. The van der Waals surface area contributed by atoms with Crippen molar-refractivity contribution in [3.05, 3.63) is 33.9 Å². The van der Waals surface area contributed by atoms with E-state index in [4.69, 9.17) is 16.3 Å². The number of allylic oxidation sites excluding steroid dienone is 1. The van der Waals surface area contributed by atoms with E-state index >= 15 is 0 Å². The standard InChI is InChI=1S/C19H21ClO4/c1-3-10-6-12-7-13(8-15(12)22)16(10)19(24-2)14-5-4-11(9-21)18(23)17(14)20/h4-5,9-10,12-13,23H,3,6-8H2,1-2H3/b19-16-. The van der Waals surface area contributed by atoms with Crippen LogP contribution in [-0.4, -0.2) is 24.3 Å². The summed E-state index contributed by atoms with van der Waals surface area (Å²) in [5.41, 5.74) is 1.85. The minimum atomic E-state index is -0.233. The van der Waals surface area contributed by atoms with Crippen LogP contribution in [0, 0.1) is 17.8 Å². The molecule has 3 rings (SSSR count). The Balaban J connectivity index is 2.16. The Bertz CT molecular complexity index is 722. The maximum Gasteiger partial charge on any atom is 0.153 e. The van der Waals surface area contributed by atoms with Crippen molar-refractivity contribution in [1.29, 1.82) is 0 Å². The summed E-state index contributed by atoms with van der Waals surface area (Å²) >= 11 is 6.30. The second-order valence-electron chi connectivity index (χ2n) is 6.61. The van der Waals surface area contributed by atoms with E-state index in [-0.39, 0.29) is 34.1 Å². The number of halogens is 1. The molecular weight excluding hydrogens is 328 g/mol. The number of phenolic OH excluding ortho intramolecular Hbond substituents is 1. The van der Waals surface area contributed by atoms with Crippen molar-refractivity contribution in [2.24, 2.45) is 17.8 Å². The lowest BCUT2D eigenvalue weighted by atomic mass is 9.74. The third-order valence-corrected chi connectivity index (χ3v) is 5.78. The molecule has 0 amide bonds. The van der Waals surface area contributed by atoms with Crippen LogP contribution in [0.2, 0.25) is 5.02 Å². The highest BCUT2D eigenvalue weighted by Gasteiger charge is 2.44. The number of methoxy groups -OCH3 is 1.